The highest BCUT2D eigenvalue weighted by atomic mass is 19.2. The molecule has 0 fully saturated rings. The van der Waals surface area contributed by atoms with Crippen LogP contribution in [0.3, 0.4) is 0 Å². The van der Waals surface area contributed by atoms with Gasteiger partial charge in [-0.2, -0.15) is 0 Å². The summed E-state index contributed by atoms with van der Waals surface area (Å²) in [7, 11) is 0. The second kappa shape index (κ2) is 5.84. The lowest BCUT2D eigenvalue weighted by Gasteiger charge is -2.16. The van der Waals surface area contributed by atoms with Crippen LogP contribution < -0.4 is 0 Å². The predicted octanol–water partition coefficient (Wildman–Crippen LogP) is 2.82. The van der Waals surface area contributed by atoms with Crippen LogP contribution >= 0.6 is 0 Å². The number of fused-ring (bicyclic) bond motifs is 1. The van der Waals surface area contributed by atoms with Crippen LogP contribution in [-0.2, 0) is 9.63 Å². The average Bonchev–Trinajstić information content (AvgIpc) is 2.82. The maximum atomic E-state index is 13.3. The van der Waals surface area contributed by atoms with Crippen LogP contribution in [0.2, 0.25) is 0 Å². The summed E-state index contributed by atoms with van der Waals surface area (Å²) in [5.74, 6) is -5.57. The van der Waals surface area contributed by atoms with Crippen LogP contribution in [0.25, 0.3) is 0 Å². The van der Waals surface area contributed by atoms with Gasteiger partial charge in [0.15, 0.2) is 11.6 Å². The lowest BCUT2D eigenvalue weighted by Crippen LogP contribution is -2.34. The summed E-state index contributed by atoms with van der Waals surface area (Å²) in [5.41, 5.74) is 0.432. The first-order valence-corrected chi connectivity index (χ1v) is 7.04. The maximum absolute atomic E-state index is 13.3. The highest BCUT2D eigenvalue weighted by Crippen LogP contribution is 2.25. The van der Waals surface area contributed by atoms with Gasteiger partial charge in [0.05, 0.1) is 17.0 Å². The summed E-state index contributed by atoms with van der Waals surface area (Å²) in [6, 6.07) is 9.04. The van der Waals surface area contributed by atoms with Crippen molar-refractivity contribution < 1.29 is 28.0 Å². The Morgan fingerprint density at radius 1 is 1.00 bits per heavy atom. The third kappa shape index (κ3) is 2.54. The van der Waals surface area contributed by atoms with E-state index in [4.69, 9.17) is 4.84 Å². The number of nitrogens with zero attached hydrogens (tertiary/aromatic N) is 1. The van der Waals surface area contributed by atoms with Gasteiger partial charge in [-0.1, -0.05) is 23.3 Å². The molecule has 1 atom stereocenters. The van der Waals surface area contributed by atoms with Gasteiger partial charge in [0.2, 0.25) is 0 Å². The molecule has 0 aromatic heterocycles. The van der Waals surface area contributed by atoms with Crippen LogP contribution in [0.1, 0.15) is 39.1 Å². The summed E-state index contributed by atoms with van der Waals surface area (Å²) in [4.78, 5) is 41.3. The molecule has 122 valence electrons. The SMILES string of the molecule is CC(C(=O)ON1C(=O)c2ccccc2C1=O)c1ccc(F)c(F)c1. The Balaban J connectivity index is 1.79. The van der Waals surface area contributed by atoms with Crippen molar-refractivity contribution in [1.29, 1.82) is 0 Å². The Kier molecular flexibility index (Phi) is 3.84. The number of hydroxylamine groups is 2. The summed E-state index contributed by atoms with van der Waals surface area (Å²) in [6.45, 7) is 1.40. The van der Waals surface area contributed by atoms with E-state index >= 15 is 0 Å². The summed E-state index contributed by atoms with van der Waals surface area (Å²) < 4.78 is 26.2. The fourth-order valence-corrected chi connectivity index (χ4v) is 2.34. The van der Waals surface area contributed by atoms with E-state index in [-0.39, 0.29) is 16.7 Å². The van der Waals surface area contributed by atoms with Crippen molar-refractivity contribution in [3.05, 3.63) is 70.8 Å². The molecule has 1 heterocycles. The van der Waals surface area contributed by atoms with Gasteiger partial charge in [-0.05, 0) is 36.8 Å². The smallest absolute Gasteiger partial charge is 0.329 e. The molecule has 1 aliphatic heterocycles. The van der Waals surface area contributed by atoms with Crippen molar-refractivity contribution in [2.45, 2.75) is 12.8 Å². The first-order chi connectivity index (χ1) is 11.4. The summed E-state index contributed by atoms with van der Waals surface area (Å²) in [5, 5.41) is 0.378. The van der Waals surface area contributed by atoms with Gasteiger partial charge < -0.3 is 4.84 Å². The second-order valence-electron chi connectivity index (χ2n) is 5.26. The number of halogens is 2. The molecule has 7 heteroatoms. The number of hydrogen-bond donors (Lipinski definition) is 0. The van der Waals surface area contributed by atoms with E-state index < -0.39 is 35.3 Å². The van der Waals surface area contributed by atoms with E-state index in [2.05, 4.69) is 0 Å². The minimum absolute atomic E-state index is 0.135. The zero-order valence-corrected chi connectivity index (χ0v) is 12.5. The highest BCUT2D eigenvalue weighted by Gasteiger charge is 2.39. The first kappa shape index (κ1) is 15.8. The summed E-state index contributed by atoms with van der Waals surface area (Å²) in [6.07, 6.45) is 0. The fraction of sp³-hybridized carbons (Fsp3) is 0.118. The van der Waals surface area contributed by atoms with Crippen LogP contribution in [0.5, 0.6) is 0 Å². The zero-order valence-electron chi connectivity index (χ0n) is 12.5. The van der Waals surface area contributed by atoms with Crippen molar-refractivity contribution in [1.82, 2.24) is 5.06 Å². The maximum Gasteiger partial charge on any atom is 0.340 e. The minimum atomic E-state index is -1.10. The molecule has 2 amide bonds. The third-order valence-electron chi connectivity index (χ3n) is 3.74. The van der Waals surface area contributed by atoms with Crippen LogP contribution in [0.15, 0.2) is 42.5 Å². The second-order valence-corrected chi connectivity index (χ2v) is 5.26. The molecule has 5 nitrogen and oxygen atoms in total. The van der Waals surface area contributed by atoms with E-state index in [1.54, 1.807) is 12.1 Å². The van der Waals surface area contributed by atoms with Gasteiger partial charge in [-0.25, -0.2) is 13.6 Å². The molecule has 1 aliphatic rings. The molecule has 0 spiro atoms. The van der Waals surface area contributed by atoms with Crippen molar-refractivity contribution >= 4 is 17.8 Å². The molecule has 1 unspecified atom stereocenters. The van der Waals surface area contributed by atoms with E-state index in [9.17, 15) is 23.2 Å². The zero-order chi connectivity index (χ0) is 17.4. The number of hydrogen-bond acceptors (Lipinski definition) is 4. The normalized spacial score (nSPS) is 14.5. The van der Waals surface area contributed by atoms with Gasteiger partial charge in [-0.3, -0.25) is 9.59 Å². The van der Waals surface area contributed by atoms with E-state index in [0.717, 1.165) is 12.1 Å². The molecular weight excluding hydrogens is 320 g/mol. The number of benzene rings is 2. The van der Waals surface area contributed by atoms with Gasteiger partial charge in [0.25, 0.3) is 11.8 Å². The highest BCUT2D eigenvalue weighted by molar-refractivity contribution is 6.20. The molecule has 2 aromatic carbocycles. The molecule has 0 saturated carbocycles. The van der Waals surface area contributed by atoms with Crippen LogP contribution in [0.4, 0.5) is 8.78 Å². The first-order valence-electron chi connectivity index (χ1n) is 7.04. The Labute approximate surface area is 135 Å². The molecule has 0 saturated heterocycles. The Morgan fingerprint density at radius 3 is 2.12 bits per heavy atom. The molecule has 24 heavy (non-hydrogen) atoms. The monoisotopic (exact) mass is 331 g/mol. The number of carbonyl (C=O) groups is 3. The topological polar surface area (TPSA) is 63.7 Å². The van der Waals surface area contributed by atoms with E-state index in [1.807, 2.05) is 0 Å². The summed E-state index contributed by atoms with van der Waals surface area (Å²) >= 11 is 0. The lowest BCUT2D eigenvalue weighted by molar-refractivity contribution is -0.170. The van der Waals surface area contributed by atoms with Crippen LogP contribution in [-0.4, -0.2) is 22.8 Å². The third-order valence-corrected chi connectivity index (χ3v) is 3.74. The minimum Gasteiger partial charge on any atom is -0.329 e. The molecule has 2 aromatic rings. The molecule has 0 aliphatic carbocycles. The van der Waals surface area contributed by atoms with E-state index in [1.165, 1.54) is 25.1 Å². The predicted molar refractivity (Wildman–Crippen MR) is 77.8 cm³/mol. The number of carbonyl (C=O) groups excluding carboxylic acids is 3. The van der Waals surface area contributed by atoms with Gasteiger partial charge >= 0.3 is 5.97 Å². The van der Waals surface area contributed by atoms with Crippen molar-refractivity contribution in [3.63, 3.8) is 0 Å². The van der Waals surface area contributed by atoms with E-state index in [0.29, 0.717) is 5.06 Å². The number of imide groups is 1. The number of rotatable bonds is 3. The molecular formula is C17H11F2NO4. The Hall–Kier alpha value is -3.09. The molecule has 0 bridgehead atoms. The molecule has 3 rings (SSSR count). The Bertz CT molecular complexity index is 830. The quantitative estimate of drug-likeness (QED) is 0.811. The molecule has 0 N–H and O–H groups in total. The van der Waals surface area contributed by atoms with Crippen molar-refractivity contribution in [2.75, 3.05) is 0 Å². The van der Waals surface area contributed by atoms with Gasteiger partial charge in [-0.15, -0.1) is 0 Å². The number of amides is 2. The van der Waals surface area contributed by atoms with Crippen LogP contribution in [0, 0.1) is 11.6 Å². The molecule has 0 radical (unpaired) electrons. The Morgan fingerprint density at radius 2 is 1.58 bits per heavy atom. The fourth-order valence-electron chi connectivity index (χ4n) is 2.34. The van der Waals surface area contributed by atoms with Gasteiger partial charge in [0.1, 0.15) is 0 Å². The van der Waals surface area contributed by atoms with Crippen molar-refractivity contribution in [2.24, 2.45) is 0 Å². The average molecular weight is 331 g/mol. The van der Waals surface area contributed by atoms with Gasteiger partial charge in [0, 0.05) is 0 Å². The van der Waals surface area contributed by atoms with Crippen molar-refractivity contribution in [3.8, 4) is 0 Å². The largest absolute Gasteiger partial charge is 0.340 e. The lowest BCUT2D eigenvalue weighted by atomic mass is 10.0. The standard InChI is InChI=1S/C17H11F2NO4/c1-9(10-6-7-13(18)14(19)8-10)17(23)24-20-15(21)11-4-2-3-5-12(11)16(20)22/h2-9H,1H3.